The van der Waals surface area contributed by atoms with Crippen molar-refractivity contribution in [3.63, 3.8) is 0 Å². The lowest BCUT2D eigenvalue weighted by molar-refractivity contribution is -0.302. The number of unbranched alkanes of at least 4 members (excludes halogenated alkanes) is 46. The van der Waals surface area contributed by atoms with E-state index in [1.807, 2.05) is 0 Å². The van der Waals surface area contributed by atoms with E-state index < -0.39 is 49.5 Å². The van der Waals surface area contributed by atoms with Crippen molar-refractivity contribution in [2.24, 2.45) is 0 Å². The Bertz CT molecular complexity index is 1260. The zero-order valence-electron chi connectivity index (χ0n) is 51.0. The SMILES string of the molecule is CCCCCCC/C=C\C/C=C\CCCCCCCCCCCCCCCC(=O)NC(COC1OC(CO)C(O)C(O)C1O)C(O)CCCCCCCCCCCCCCCCCCCCCCCCCCCCCCC. The second-order valence-electron chi connectivity index (χ2n) is 24.0. The molecule has 1 saturated heterocycles. The fourth-order valence-electron chi connectivity index (χ4n) is 11.2. The number of nitrogens with one attached hydrogen (secondary N) is 1. The molecule has 0 radical (unpaired) electrons. The van der Waals surface area contributed by atoms with Crippen LogP contribution in [0, 0.1) is 0 Å². The molecule has 1 fully saturated rings. The Morgan fingerprint density at radius 1 is 0.442 bits per heavy atom. The number of amides is 1. The number of ether oxygens (including phenoxy) is 2. The normalized spacial score (nSPS) is 18.8. The minimum atomic E-state index is -1.55. The van der Waals surface area contributed by atoms with E-state index in [4.69, 9.17) is 9.47 Å². The monoisotopic (exact) mass is 1090 g/mol. The molecule has 0 bridgehead atoms. The lowest BCUT2D eigenvalue weighted by Gasteiger charge is -2.40. The highest BCUT2D eigenvalue weighted by Crippen LogP contribution is 2.24. The third-order valence-corrected chi connectivity index (χ3v) is 16.6. The first-order chi connectivity index (χ1) is 37.8. The van der Waals surface area contributed by atoms with Crippen molar-refractivity contribution in [2.75, 3.05) is 13.2 Å². The summed E-state index contributed by atoms with van der Waals surface area (Å²) in [5.74, 6) is -0.139. The molecule has 0 saturated carbocycles. The van der Waals surface area contributed by atoms with Gasteiger partial charge >= 0.3 is 0 Å². The van der Waals surface area contributed by atoms with Crippen molar-refractivity contribution in [2.45, 2.75) is 391 Å². The van der Waals surface area contributed by atoms with Crippen LogP contribution >= 0.6 is 0 Å². The van der Waals surface area contributed by atoms with Crippen LogP contribution in [-0.4, -0.2) is 87.5 Å². The molecule has 456 valence electrons. The van der Waals surface area contributed by atoms with E-state index in [2.05, 4.69) is 43.5 Å². The van der Waals surface area contributed by atoms with Gasteiger partial charge in [-0.05, 0) is 44.9 Å². The average Bonchev–Trinajstić information content (AvgIpc) is 3.43. The molecule has 0 aliphatic carbocycles. The Hall–Kier alpha value is -1.33. The Morgan fingerprint density at radius 3 is 1.12 bits per heavy atom. The van der Waals surface area contributed by atoms with Crippen LogP contribution < -0.4 is 5.32 Å². The quantitative estimate of drug-likeness (QED) is 0.0261. The molecule has 77 heavy (non-hydrogen) atoms. The number of aliphatic hydroxyl groups is 5. The highest BCUT2D eigenvalue weighted by molar-refractivity contribution is 5.76. The molecule has 9 heteroatoms. The molecule has 9 nitrogen and oxygen atoms in total. The standard InChI is InChI=1S/C68H131NO8/c1-3-5-7-9-11-13-15-17-19-21-23-25-27-29-30-31-32-34-35-37-39-41-43-45-47-49-51-53-55-57-62(71)61(60-76-68-67(75)66(74)65(73)63(59-70)77-68)69-64(72)58-56-54-52-50-48-46-44-42-40-38-36-33-28-26-24-22-20-18-16-14-12-10-8-6-4-2/h16,18,22,24,61-63,65-68,70-71,73-75H,3-15,17,19-21,23,25-60H2,1-2H3,(H,69,72)/b18-16-,24-22-. The van der Waals surface area contributed by atoms with E-state index in [0.717, 1.165) is 44.9 Å². The van der Waals surface area contributed by atoms with E-state index in [1.165, 1.54) is 276 Å². The van der Waals surface area contributed by atoms with Crippen LogP contribution in [0.25, 0.3) is 0 Å². The highest BCUT2D eigenvalue weighted by atomic mass is 16.7. The lowest BCUT2D eigenvalue weighted by atomic mass is 9.99. The number of aliphatic hydroxyl groups excluding tert-OH is 5. The summed E-state index contributed by atoms with van der Waals surface area (Å²) < 4.78 is 11.4. The molecule has 1 heterocycles. The molecule has 0 aromatic rings. The van der Waals surface area contributed by atoms with Crippen LogP contribution in [0.15, 0.2) is 24.3 Å². The lowest BCUT2D eigenvalue weighted by Crippen LogP contribution is -2.60. The first kappa shape index (κ1) is 73.7. The molecule has 7 unspecified atom stereocenters. The van der Waals surface area contributed by atoms with Crippen molar-refractivity contribution in [1.29, 1.82) is 0 Å². The Morgan fingerprint density at radius 2 is 0.766 bits per heavy atom. The van der Waals surface area contributed by atoms with Crippen molar-refractivity contribution < 1.29 is 39.8 Å². The molecule has 0 aromatic carbocycles. The van der Waals surface area contributed by atoms with Crippen molar-refractivity contribution >= 4 is 5.91 Å². The van der Waals surface area contributed by atoms with Gasteiger partial charge in [-0.3, -0.25) is 4.79 Å². The van der Waals surface area contributed by atoms with Gasteiger partial charge in [-0.1, -0.05) is 321 Å². The topological polar surface area (TPSA) is 149 Å². The summed E-state index contributed by atoms with van der Waals surface area (Å²) in [6.45, 7) is 3.88. The first-order valence-electron chi connectivity index (χ1n) is 34.0. The van der Waals surface area contributed by atoms with Gasteiger partial charge in [-0.25, -0.2) is 0 Å². The number of allylic oxidation sites excluding steroid dienone is 4. The van der Waals surface area contributed by atoms with E-state index in [-0.39, 0.29) is 12.5 Å². The van der Waals surface area contributed by atoms with E-state index in [9.17, 15) is 30.3 Å². The van der Waals surface area contributed by atoms with Crippen molar-refractivity contribution in [1.82, 2.24) is 5.32 Å². The largest absolute Gasteiger partial charge is 0.394 e. The molecular weight excluding hydrogens is 959 g/mol. The second-order valence-corrected chi connectivity index (χ2v) is 24.0. The van der Waals surface area contributed by atoms with Crippen molar-refractivity contribution in [3.8, 4) is 0 Å². The maximum absolute atomic E-state index is 13.1. The zero-order valence-corrected chi connectivity index (χ0v) is 51.0. The third kappa shape index (κ3) is 46.9. The molecule has 0 aromatic heterocycles. The Balaban J connectivity index is 2.12. The second kappa shape index (κ2) is 57.9. The van der Waals surface area contributed by atoms with Gasteiger partial charge in [-0.15, -0.1) is 0 Å². The van der Waals surface area contributed by atoms with Crippen LogP contribution in [0.2, 0.25) is 0 Å². The van der Waals surface area contributed by atoms with Crippen LogP contribution in [0.3, 0.4) is 0 Å². The average molecular weight is 1090 g/mol. The molecule has 1 aliphatic heterocycles. The fraction of sp³-hybridized carbons (Fsp3) is 0.926. The minimum Gasteiger partial charge on any atom is -0.394 e. The predicted molar refractivity (Wildman–Crippen MR) is 327 cm³/mol. The summed E-state index contributed by atoms with van der Waals surface area (Å²) in [7, 11) is 0. The van der Waals surface area contributed by atoms with Crippen LogP contribution in [0.5, 0.6) is 0 Å². The zero-order chi connectivity index (χ0) is 55.8. The van der Waals surface area contributed by atoms with Gasteiger partial charge in [0.15, 0.2) is 6.29 Å². The summed E-state index contributed by atoms with van der Waals surface area (Å²) in [5.41, 5.74) is 0. The molecular formula is C68H131NO8. The van der Waals surface area contributed by atoms with E-state index in [1.54, 1.807) is 0 Å². The number of rotatable bonds is 60. The highest BCUT2D eigenvalue weighted by Gasteiger charge is 2.44. The Labute approximate surface area is 477 Å². The number of carbonyl (C=O) groups excluding carboxylic acids is 1. The summed E-state index contributed by atoms with van der Waals surface area (Å²) in [6.07, 6.45) is 68.1. The maximum atomic E-state index is 13.1. The van der Waals surface area contributed by atoms with Gasteiger partial charge in [-0.2, -0.15) is 0 Å². The van der Waals surface area contributed by atoms with Gasteiger partial charge in [0.25, 0.3) is 0 Å². The predicted octanol–water partition coefficient (Wildman–Crippen LogP) is 18.1. The van der Waals surface area contributed by atoms with E-state index in [0.29, 0.717) is 12.8 Å². The summed E-state index contributed by atoms with van der Waals surface area (Å²) >= 11 is 0. The smallest absolute Gasteiger partial charge is 0.220 e. The molecule has 1 rings (SSSR count). The Kier molecular flexibility index (Phi) is 55.4. The molecule has 0 spiro atoms. The van der Waals surface area contributed by atoms with Crippen LogP contribution in [0.4, 0.5) is 0 Å². The van der Waals surface area contributed by atoms with Gasteiger partial charge in [0, 0.05) is 6.42 Å². The molecule has 6 N–H and O–H groups in total. The number of hydrogen-bond acceptors (Lipinski definition) is 8. The van der Waals surface area contributed by atoms with Gasteiger partial charge < -0.3 is 40.3 Å². The summed E-state index contributed by atoms with van der Waals surface area (Å²) in [6, 6.07) is -0.720. The fourth-order valence-corrected chi connectivity index (χ4v) is 11.2. The van der Waals surface area contributed by atoms with Gasteiger partial charge in [0.2, 0.25) is 5.91 Å². The molecule has 1 aliphatic rings. The number of hydrogen-bond donors (Lipinski definition) is 6. The molecule has 1 amide bonds. The van der Waals surface area contributed by atoms with Gasteiger partial charge in [0.1, 0.15) is 24.4 Å². The minimum absolute atomic E-state index is 0.135. The van der Waals surface area contributed by atoms with Crippen LogP contribution in [0.1, 0.15) is 348 Å². The summed E-state index contributed by atoms with van der Waals surface area (Å²) in [5, 5.41) is 54.9. The maximum Gasteiger partial charge on any atom is 0.220 e. The van der Waals surface area contributed by atoms with Gasteiger partial charge in [0.05, 0.1) is 25.4 Å². The van der Waals surface area contributed by atoms with Crippen LogP contribution in [-0.2, 0) is 14.3 Å². The molecule has 7 atom stereocenters. The first-order valence-corrected chi connectivity index (χ1v) is 34.0. The number of carbonyl (C=O) groups is 1. The third-order valence-electron chi connectivity index (χ3n) is 16.6. The summed E-state index contributed by atoms with van der Waals surface area (Å²) in [4.78, 5) is 13.1. The van der Waals surface area contributed by atoms with E-state index >= 15 is 0 Å². The van der Waals surface area contributed by atoms with Crippen molar-refractivity contribution in [3.05, 3.63) is 24.3 Å².